The van der Waals surface area contributed by atoms with Crippen molar-refractivity contribution in [2.45, 2.75) is 174 Å². The van der Waals surface area contributed by atoms with Gasteiger partial charge in [0.1, 0.15) is 5.91 Å². The van der Waals surface area contributed by atoms with E-state index in [1.807, 2.05) is 0 Å². The van der Waals surface area contributed by atoms with Crippen LogP contribution in [-0.2, 0) is 9.47 Å². The first-order chi connectivity index (χ1) is 18.1. The summed E-state index contributed by atoms with van der Waals surface area (Å²) in [6.07, 6.45) is 31.7. The maximum atomic E-state index is 5.70. The molecule has 0 aliphatic carbocycles. The Morgan fingerprint density at radius 3 is 1.13 bits per heavy atom. The van der Waals surface area contributed by atoms with Gasteiger partial charge in [-0.1, -0.05) is 129 Å². The molecule has 5 heteroatoms. The van der Waals surface area contributed by atoms with E-state index in [0.29, 0.717) is 0 Å². The summed E-state index contributed by atoms with van der Waals surface area (Å²) in [6.45, 7) is 10.7. The van der Waals surface area contributed by atoms with E-state index in [2.05, 4.69) is 34.9 Å². The fourth-order valence-corrected chi connectivity index (χ4v) is 7.30. The minimum absolute atomic E-state index is 0. The van der Waals surface area contributed by atoms with Gasteiger partial charge in [0.2, 0.25) is 0 Å². The highest BCUT2D eigenvalue weighted by molar-refractivity contribution is 6.36. The summed E-state index contributed by atoms with van der Waals surface area (Å²) in [5.41, 5.74) is 0. The van der Waals surface area contributed by atoms with Gasteiger partial charge in [0.15, 0.2) is 0 Å². The molecule has 3 nitrogen and oxygen atoms in total. The quantitative estimate of drug-likeness (QED) is 0.0399. The molecule has 0 unspecified atom stereocenters. The van der Waals surface area contributed by atoms with Crippen molar-refractivity contribution in [3.05, 3.63) is 0 Å². The van der Waals surface area contributed by atoms with Crippen molar-refractivity contribution in [2.24, 2.45) is 0 Å². The molecule has 0 saturated carbocycles. The van der Waals surface area contributed by atoms with Crippen LogP contribution >= 0.6 is 0 Å². The molecule has 0 aliphatic rings. The molecule has 0 aromatic rings. The van der Waals surface area contributed by atoms with Crippen LogP contribution in [0, 0.1) is 0 Å². The summed E-state index contributed by atoms with van der Waals surface area (Å²) in [7, 11) is 4.66. The van der Waals surface area contributed by atoms with Crippen molar-refractivity contribution in [3.8, 4) is 0 Å². The average Bonchev–Trinajstić information content (AvgIpc) is 2.87. The van der Waals surface area contributed by atoms with Crippen LogP contribution in [0.1, 0.15) is 162 Å². The van der Waals surface area contributed by atoms with Gasteiger partial charge in [0, 0.05) is 13.2 Å². The molecule has 0 bridgehead atoms. The lowest BCUT2D eigenvalue weighted by Gasteiger charge is -2.30. The summed E-state index contributed by atoms with van der Waals surface area (Å²) in [5.74, 6) is 0.157. The molecule has 0 aromatic heterocycles. The first kappa shape index (κ1) is 40.5. The van der Waals surface area contributed by atoms with Crippen molar-refractivity contribution < 1.29 is 26.4 Å². The van der Waals surface area contributed by atoms with Gasteiger partial charge >= 0.3 is 0 Å². The molecule has 0 aliphatic heterocycles. The molecule has 0 rings (SSSR count). The van der Waals surface area contributed by atoms with E-state index in [4.69, 9.17) is 9.47 Å². The fraction of sp³-hybridized carbons (Fsp3) is 1.00. The minimum Gasteiger partial charge on any atom is -1.00 e. The SMILES string of the molecule is CCCCCCCCCCCCCCCCCC[N+](C)(C)CCCCCCCC[SiH2]C(OCC)OCC.[Cl-]. The first-order valence-electron chi connectivity index (χ1n) is 17.1. The Bertz CT molecular complexity index is 433. The average molecular weight is 578 g/mol. The van der Waals surface area contributed by atoms with Crippen molar-refractivity contribution in [2.75, 3.05) is 40.4 Å². The minimum atomic E-state index is -0.231. The molecule has 0 N–H and O–H groups in total. The Hall–Kier alpha value is 0.387. The molecule has 0 amide bonds. The van der Waals surface area contributed by atoms with Gasteiger partial charge in [0.25, 0.3) is 0 Å². The maximum Gasteiger partial charge on any atom is 0.134 e. The van der Waals surface area contributed by atoms with Gasteiger partial charge in [-0.25, -0.2) is 0 Å². The second-order valence-corrected chi connectivity index (χ2v) is 14.2. The van der Waals surface area contributed by atoms with E-state index in [9.17, 15) is 0 Å². The van der Waals surface area contributed by atoms with Crippen molar-refractivity contribution in [3.63, 3.8) is 0 Å². The molecule has 0 saturated heterocycles. The summed E-state index contributed by atoms with van der Waals surface area (Å²) >= 11 is 0. The molecule has 0 fully saturated rings. The predicted molar refractivity (Wildman–Crippen MR) is 169 cm³/mol. The number of hydrogen-bond acceptors (Lipinski definition) is 2. The third-order valence-electron chi connectivity index (χ3n) is 8.03. The largest absolute Gasteiger partial charge is 1.00 e. The number of hydrogen-bond donors (Lipinski definition) is 0. The van der Waals surface area contributed by atoms with Crippen LogP contribution in [0.3, 0.4) is 0 Å². The number of halogens is 1. The van der Waals surface area contributed by atoms with Crippen LogP contribution in [-0.4, -0.2) is 60.3 Å². The van der Waals surface area contributed by atoms with Gasteiger partial charge in [-0.3, -0.25) is 0 Å². The van der Waals surface area contributed by atoms with Gasteiger partial charge in [-0.2, -0.15) is 0 Å². The number of rotatable bonds is 31. The highest BCUT2D eigenvalue weighted by Crippen LogP contribution is 2.15. The Morgan fingerprint density at radius 1 is 0.474 bits per heavy atom. The molecular weight excluding hydrogens is 506 g/mol. The maximum absolute atomic E-state index is 5.70. The van der Waals surface area contributed by atoms with Gasteiger partial charge < -0.3 is 26.4 Å². The van der Waals surface area contributed by atoms with E-state index in [1.54, 1.807) is 0 Å². The van der Waals surface area contributed by atoms with Crippen LogP contribution < -0.4 is 12.4 Å². The molecule has 0 radical (unpaired) electrons. The Kier molecular flexibility index (Phi) is 34.0. The van der Waals surface area contributed by atoms with E-state index >= 15 is 0 Å². The molecule has 0 aromatic carbocycles. The van der Waals surface area contributed by atoms with Crippen LogP contribution in [0.15, 0.2) is 0 Å². The molecule has 0 atom stereocenters. The zero-order chi connectivity index (χ0) is 27.3. The Balaban J connectivity index is 0. The van der Waals surface area contributed by atoms with Crippen molar-refractivity contribution in [1.82, 2.24) is 0 Å². The lowest BCUT2D eigenvalue weighted by atomic mass is 10.0. The lowest BCUT2D eigenvalue weighted by Crippen LogP contribution is -3.00. The van der Waals surface area contributed by atoms with Crippen LogP contribution in [0.4, 0.5) is 0 Å². The highest BCUT2D eigenvalue weighted by Gasteiger charge is 2.13. The lowest BCUT2D eigenvalue weighted by molar-refractivity contribution is -0.890. The smallest absolute Gasteiger partial charge is 0.134 e. The second-order valence-electron chi connectivity index (χ2n) is 12.3. The summed E-state index contributed by atoms with van der Waals surface area (Å²) in [6, 6.07) is 1.37. The zero-order valence-electron chi connectivity index (χ0n) is 27.0. The van der Waals surface area contributed by atoms with Crippen molar-refractivity contribution >= 4 is 9.52 Å². The second kappa shape index (κ2) is 31.9. The monoisotopic (exact) mass is 578 g/mol. The third kappa shape index (κ3) is 30.9. The normalized spacial score (nSPS) is 12.2. The van der Waals surface area contributed by atoms with Crippen LogP contribution in [0.2, 0.25) is 6.04 Å². The number of quaternary nitrogens is 1. The first-order valence-corrected chi connectivity index (χ1v) is 18.9. The van der Waals surface area contributed by atoms with Gasteiger partial charge in [-0.05, 0) is 39.5 Å². The van der Waals surface area contributed by atoms with E-state index in [-0.39, 0.29) is 27.8 Å². The molecule has 0 heterocycles. The zero-order valence-corrected chi connectivity index (χ0v) is 29.2. The standard InChI is InChI=1S/C33H72NO2Si.ClH/c1-6-9-10-11-12-13-14-15-16-17-18-19-20-21-24-27-30-34(4,5)31-28-25-22-23-26-29-32-37-33(35-7-2)36-8-3;/h33H,6-32,37H2,1-5H3;1H/q+1;/p-1. The van der Waals surface area contributed by atoms with Crippen LogP contribution in [0.25, 0.3) is 0 Å². The van der Waals surface area contributed by atoms with Crippen LogP contribution in [0.5, 0.6) is 0 Å². The fourth-order valence-electron chi connectivity index (χ4n) is 5.52. The van der Waals surface area contributed by atoms with Gasteiger partial charge in [-0.15, -0.1) is 0 Å². The Morgan fingerprint density at radius 2 is 0.789 bits per heavy atom. The van der Waals surface area contributed by atoms with E-state index in [0.717, 1.165) is 13.2 Å². The third-order valence-corrected chi connectivity index (χ3v) is 9.88. The Labute approximate surface area is 249 Å². The topological polar surface area (TPSA) is 18.5 Å². The molecule has 0 spiro atoms. The number of ether oxygens (including phenoxy) is 2. The summed E-state index contributed by atoms with van der Waals surface area (Å²) in [4.78, 5) is 0. The molecule has 232 valence electrons. The summed E-state index contributed by atoms with van der Waals surface area (Å²) < 4.78 is 12.6. The highest BCUT2D eigenvalue weighted by atomic mass is 35.5. The predicted octanol–water partition coefficient (Wildman–Crippen LogP) is 6.61. The number of unbranched alkanes of at least 4 members (excludes halogenated alkanes) is 20. The molecule has 38 heavy (non-hydrogen) atoms. The van der Waals surface area contributed by atoms with Gasteiger partial charge in [0.05, 0.1) is 36.7 Å². The van der Waals surface area contributed by atoms with E-state index in [1.165, 1.54) is 165 Å². The summed E-state index contributed by atoms with van der Waals surface area (Å²) in [5, 5.41) is 0. The van der Waals surface area contributed by atoms with E-state index < -0.39 is 0 Å². The molecular formula is C33H72ClNO2Si. The van der Waals surface area contributed by atoms with Crippen molar-refractivity contribution in [1.29, 1.82) is 0 Å². The number of nitrogens with zero attached hydrogens (tertiary/aromatic N) is 1.